The summed E-state index contributed by atoms with van der Waals surface area (Å²) in [4.78, 5) is 26.5. The molecule has 1 fully saturated rings. The van der Waals surface area contributed by atoms with Crippen molar-refractivity contribution in [2.24, 2.45) is 5.92 Å². The van der Waals surface area contributed by atoms with Gasteiger partial charge in [0, 0.05) is 19.1 Å². The summed E-state index contributed by atoms with van der Waals surface area (Å²) < 4.78 is 0. The summed E-state index contributed by atoms with van der Waals surface area (Å²) in [5, 5.41) is 5.19. The topological polar surface area (TPSA) is 49.4 Å². The molecule has 0 saturated carbocycles. The fourth-order valence-corrected chi connectivity index (χ4v) is 4.04. The second-order valence-corrected chi connectivity index (χ2v) is 7.42. The number of hydrogen-bond donors (Lipinski definition) is 1. The number of nitrogens with zero attached hydrogens (tertiary/aromatic N) is 1. The average molecular weight is 364 g/mol. The number of carbonyl (C=O) groups is 2. The zero-order valence-electron chi connectivity index (χ0n) is 16.0. The highest BCUT2D eigenvalue weighted by atomic mass is 16.2. The van der Waals surface area contributed by atoms with Gasteiger partial charge in [-0.2, -0.15) is 0 Å². The quantitative estimate of drug-likeness (QED) is 0.795. The molecule has 1 saturated heterocycles. The molecule has 4 heteroatoms. The Kier molecular flexibility index (Phi) is 6.28. The molecule has 0 radical (unpaired) electrons. The van der Waals surface area contributed by atoms with Crippen LogP contribution in [-0.2, 0) is 16.0 Å². The lowest BCUT2D eigenvalue weighted by atomic mass is 9.88. The van der Waals surface area contributed by atoms with Crippen molar-refractivity contribution in [1.29, 1.82) is 0 Å². The highest BCUT2D eigenvalue weighted by molar-refractivity contribution is 5.87. The predicted octanol–water partition coefficient (Wildman–Crippen LogP) is 3.70. The fraction of sp³-hybridized carbons (Fsp3) is 0.391. The summed E-state index contributed by atoms with van der Waals surface area (Å²) >= 11 is 0. The maximum atomic E-state index is 13.0. The lowest BCUT2D eigenvalue weighted by molar-refractivity contribution is -0.135. The molecule has 2 unspecified atom stereocenters. The van der Waals surface area contributed by atoms with E-state index in [2.05, 4.69) is 43.1 Å². The second kappa shape index (κ2) is 8.85. The second-order valence-electron chi connectivity index (χ2n) is 7.42. The molecule has 0 spiro atoms. The van der Waals surface area contributed by atoms with Gasteiger partial charge in [0.05, 0.1) is 6.42 Å². The van der Waals surface area contributed by atoms with Crippen LogP contribution in [0.25, 0.3) is 10.8 Å². The highest BCUT2D eigenvalue weighted by Gasteiger charge is 2.31. The smallest absolute Gasteiger partial charge is 0.243 e. The maximum Gasteiger partial charge on any atom is 0.243 e. The Morgan fingerprint density at radius 1 is 1.22 bits per heavy atom. The van der Waals surface area contributed by atoms with Crippen molar-refractivity contribution in [1.82, 2.24) is 10.2 Å². The van der Waals surface area contributed by atoms with E-state index in [1.807, 2.05) is 23.1 Å². The molecule has 1 heterocycles. The molecular weight excluding hydrogens is 336 g/mol. The first-order valence-electron chi connectivity index (χ1n) is 9.76. The lowest BCUT2D eigenvalue weighted by Crippen LogP contribution is -2.49. The van der Waals surface area contributed by atoms with Crippen LogP contribution in [0.5, 0.6) is 0 Å². The van der Waals surface area contributed by atoms with E-state index in [9.17, 15) is 9.59 Å². The first-order chi connectivity index (χ1) is 13.1. The molecule has 1 aliphatic rings. The summed E-state index contributed by atoms with van der Waals surface area (Å²) in [5.41, 5.74) is 1.05. The van der Waals surface area contributed by atoms with Gasteiger partial charge in [0.1, 0.15) is 0 Å². The molecule has 4 nitrogen and oxygen atoms in total. The van der Waals surface area contributed by atoms with Gasteiger partial charge in [0.25, 0.3) is 0 Å². The van der Waals surface area contributed by atoms with Gasteiger partial charge < -0.3 is 10.2 Å². The predicted molar refractivity (Wildman–Crippen MR) is 109 cm³/mol. The third-order valence-corrected chi connectivity index (χ3v) is 5.53. The number of amides is 2. The van der Waals surface area contributed by atoms with Crippen molar-refractivity contribution in [3.05, 3.63) is 60.7 Å². The van der Waals surface area contributed by atoms with E-state index in [1.165, 1.54) is 16.8 Å². The van der Waals surface area contributed by atoms with Crippen LogP contribution in [-0.4, -0.2) is 35.8 Å². The third-order valence-electron chi connectivity index (χ3n) is 5.53. The molecule has 3 rings (SSSR count). The summed E-state index contributed by atoms with van der Waals surface area (Å²) in [5.74, 6) is 0.462. The molecule has 2 aromatic rings. The number of rotatable bonds is 6. The standard InChI is InChI=1S/C23H28N2O2/c1-3-22(26)24-13-12-21-17(2)7-6-14-25(21)23(27)16-18-10-11-19-8-4-5-9-20(19)15-18/h3-5,8-11,15,17,21H,1,6-7,12-14,16H2,2H3,(H,24,26). The van der Waals surface area contributed by atoms with E-state index in [0.29, 0.717) is 18.9 Å². The molecule has 2 amide bonds. The van der Waals surface area contributed by atoms with Crippen molar-refractivity contribution >= 4 is 22.6 Å². The Bertz CT molecular complexity index is 830. The average Bonchev–Trinajstić information content (AvgIpc) is 2.68. The molecule has 27 heavy (non-hydrogen) atoms. The van der Waals surface area contributed by atoms with Gasteiger partial charge in [-0.1, -0.05) is 56.0 Å². The minimum atomic E-state index is -0.160. The van der Waals surface area contributed by atoms with Crippen molar-refractivity contribution < 1.29 is 9.59 Å². The molecule has 1 N–H and O–H groups in total. The van der Waals surface area contributed by atoms with Gasteiger partial charge in [0.2, 0.25) is 11.8 Å². The van der Waals surface area contributed by atoms with Crippen LogP contribution in [0.4, 0.5) is 0 Å². The van der Waals surface area contributed by atoms with Crippen LogP contribution in [0.1, 0.15) is 31.7 Å². The summed E-state index contributed by atoms with van der Waals surface area (Å²) in [6.07, 6.45) is 4.66. The summed E-state index contributed by atoms with van der Waals surface area (Å²) in [6.45, 7) is 7.05. The number of nitrogens with one attached hydrogen (secondary N) is 1. The van der Waals surface area contributed by atoms with E-state index in [-0.39, 0.29) is 17.9 Å². The molecule has 0 bridgehead atoms. The van der Waals surface area contributed by atoms with Gasteiger partial charge >= 0.3 is 0 Å². The monoisotopic (exact) mass is 364 g/mol. The Morgan fingerprint density at radius 2 is 2.00 bits per heavy atom. The van der Waals surface area contributed by atoms with Crippen LogP contribution in [0.3, 0.4) is 0 Å². The van der Waals surface area contributed by atoms with E-state index in [0.717, 1.165) is 31.4 Å². The SMILES string of the molecule is C=CC(=O)NCCC1C(C)CCCN1C(=O)Cc1ccc2ccccc2c1. The van der Waals surface area contributed by atoms with Crippen LogP contribution in [0.2, 0.25) is 0 Å². The van der Waals surface area contributed by atoms with E-state index >= 15 is 0 Å². The van der Waals surface area contributed by atoms with E-state index in [1.54, 1.807) is 0 Å². The Hall–Kier alpha value is -2.62. The van der Waals surface area contributed by atoms with Crippen molar-refractivity contribution in [3.8, 4) is 0 Å². The minimum Gasteiger partial charge on any atom is -0.352 e. The minimum absolute atomic E-state index is 0.160. The zero-order chi connectivity index (χ0) is 19.2. The Morgan fingerprint density at radius 3 is 2.78 bits per heavy atom. The van der Waals surface area contributed by atoms with Gasteiger partial charge in [-0.25, -0.2) is 0 Å². The third kappa shape index (κ3) is 4.76. The van der Waals surface area contributed by atoms with Gasteiger partial charge in [-0.3, -0.25) is 9.59 Å². The first kappa shape index (κ1) is 19.2. The molecule has 0 aliphatic carbocycles. The number of fused-ring (bicyclic) bond motifs is 1. The molecule has 2 atom stereocenters. The molecule has 1 aliphatic heterocycles. The lowest BCUT2D eigenvalue weighted by Gasteiger charge is -2.40. The zero-order valence-corrected chi connectivity index (χ0v) is 16.0. The van der Waals surface area contributed by atoms with E-state index in [4.69, 9.17) is 0 Å². The van der Waals surface area contributed by atoms with Crippen LogP contribution in [0, 0.1) is 5.92 Å². The maximum absolute atomic E-state index is 13.0. The molecular formula is C23H28N2O2. The van der Waals surface area contributed by atoms with Crippen LogP contribution in [0.15, 0.2) is 55.1 Å². The largest absolute Gasteiger partial charge is 0.352 e. The summed E-state index contributed by atoms with van der Waals surface area (Å²) in [6, 6.07) is 14.6. The molecule has 2 aromatic carbocycles. The van der Waals surface area contributed by atoms with Crippen LogP contribution < -0.4 is 5.32 Å². The number of hydrogen-bond acceptors (Lipinski definition) is 2. The van der Waals surface area contributed by atoms with Gasteiger partial charge in [-0.05, 0) is 47.6 Å². The fourth-order valence-electron chi connectivity index (χ4n) is 4.04. The van der Waals surface area contributed by atoms with Crippen molar-refractivity contribution in [2.75, 3.05) is 13.1 Å². The van der Waals surface area contributed by atoms with Gasteiger partial charge in [0.15, 0.2) is 0 Å². The van der Waals surface area contributed by atoms with Crippen molar-refractivity contribution in [3.63, 3.8) is 0 Å². The van der Waals surface area contributed by atoms with Crippen LogP contribution >= 0.6 is 0 Å². The Balaban J connectivity index is 1.67. The van der Waals surface area contributed by atoms with Crippen molar-refractivity contribution in [2.45, 2.75) is 38.6 Å². The number of likely N-dealkylation sites (tertiary alicyclic amines) is 1. The number of carbonyl (C=O) groups excluding carboxylic acids is 2. The molecule has 142 valence electrons. The molecule has 0 aromatic heterocycles. The first-order valence-corrected chi connectivity index (χ1v) is 9.76. The highest BCUT2D eigenvalue weighted by Crippen LogP contribution is 2.26. The number of benzene rings is 2. The summed E-state index contributed by atoms with van der Waals surface area (Å²) in [7, 11) is 0. The van der Waals surface area contributed by atoms with Gasteiger partial charge in [-0.15, -0.1) is 0 Å². The Labute approximate surface area is 161 Å². The number of piperidine rings is 1. The van der Waals surface area contributed by atoms with E-state index < -0.39 is 0 Å². The normalized spacial score (nSPS) is 19.7.